The maximum absolute atomic E-state index is 12.0. The molecule has 0 bridgehead atoms. The molecular weight excluding hydrogens is 278 g/mol. The maximum atomic E-state index is 12.0. The van der Waals surface area contributed by atoms with Gasteiger partial charge in [0.2, 0.25) is 5.91 Å². The molecule has 2 N–H and O–H groups in total. The van der Waals surface area contributed by atoms with Gasteiger partial charge in [-0.2, -0.15) is 0 Å². The number of rotatable bonds is 3. The number of ether oxygens (including phenoxy) is 1. The summed E-state index contributed by atoms with van der Waals surface area (Å²) in [5.74, 6) is -0.853. The Hall–Kier alpha value is -2.62. The van der Waals surface area contributed by atoms with Crippen LogP contribution in [-0.2, 0) is 4.74 Å². The summed E-state index contributed by atoms with van der Waals surface area (Å²) in [4.78, 5) is 23.5. The number of primary amides is 1. The first-order chi connectivity index (χ1) is 10.3. The molecule has 4 heteroatoms. The zero-order valence-electron chi connectivity index (χ0n) is 12.9. The van der Waals surface area contributed by atoms with Crippen molar-refractivity contribution >= 4 is 11.9 Å². The predicted octanol–water partition coefficient (Wildman–Crippen LogP) is 3.41. The molecule has 0 atom stereocenters. The average Bonchev–Trinajstić information content (AvgIpc) is 2.45. The Balaban J connectivity index is 2.30. The summed E-state index contributed by atoms with van der Waals surface area (Å²) in [7, 11) is 0. The van der Waals surface area contributed by atoms with E-state index in [-0.39, 0.29) is 5.97 Å². The lowest BCUT2D eigenvalue weighted by Gasteiger charge is -2.19. The Morgan fingerprint density at radius 3 is 2.09 bits per heavy atom. The van der Waals surface area contributed by atoms with Crippen molar-refractivity contribution in [3.63, 3.8) is 0 Å². The molecule has 2 rings (SSSR count). The van der Waals surface area contributed by atoms with Crippen molar-refractivity contribution in [3.8, 4) is 11.1 Å². The monoisotopic (exact) mass is 297 g/mol. The van der Waals surface area contributed by atoms with Crippen LogP contribution in [0.5, 0.6) is 0 Å². The largest absolute Gasteiger partial charge is 0.456 e. The standard InChI is InChI=1S/C18H19NO3/c1-18(2,3)22-17(21)13-10-8-12(9-11-13)14-6-4-5-7-15(14)16(19)20/h4-11H,1-3H3,(H2,19,20). The first-order valence-electron chi connectivity index (χ1n) is 7.00. The molecule has 2 aromatic rings. The molecule has 0 saturated heterocycles. The lowest BCUT2D eigenvalue weighted by atomic mass is 9.98. The minimum absolute atomic E-state index is 0.373. The van der Waals surface area contributed by atoms with Gasteiger partial charge in [0, 0.05) is 5.56 Å². The number of nitrogens with two attached hydrogens (primary N) is 1. The third-order valence-electron chi connectivity index (χ3n) is 3.02. The highest BCUT2D eigenvalue weighted by molar-refractivity contribution is 6.00. The maximum Gasteiger partial charge on any atom is 0.338 e. The van der Waals surface area contributed by atoms with Gasteiger partial charge < -0.3 is 10.5 Å². The van der Waals surface area contributed by atoms with Gasteiger partial charge >= 0.3 is 5.97 Å². The van der Waals surface area contributed by atoms with Crippen molar-refractivity contribution in [2.24, 2.45) is 5.73 Å². The second-order valence-corrected chi connectivity index (χ2v) is 5.99. The molecule has 0 heterocycles. The number of esters is 1. The highest BCUT2D eigenvalue weighted by atomic mass is 16.6. The van der Waals surface area contributed by atoms with E-state index in [4.69, 9.17) is 10.5 Å². The molecule has 0 saturated carbocycles. The topological polar surface area (TPSA) is 69.4 Å². The molecule has 0 fully saturated rings. The fourth-order valence-electron chi connectivity index (χ4n) is 2.07. The Labute approximate surface area is 129 Å². The quantitative estimate of drug-likeness (QED) is 0.883. The SMILES string of the molecule is CC(C)(C)OC(=O)c1ccc(-c2ccccc2C(N)=O)cc1. The molecule has 2 aromatic carbocycles. The van der Waals surface area contributed by atoms with E-state index in [1.807, 2.05) is 32.9 Å². The zero-order valence-corrected chi connectivity index (χ0v) is 12.9. The van der Waals surface area contributed by atoms with Crippen molar-refractivity contribution in [1.29, 1.82) is 0 Å². The minimum Gasteiger partial charge on any atom is -0.456 e. The van der Waals surface area contributed by atoms with Crippen LogP contribution in [0, 0.1) is 0 Å². The first-order valence-corrected chi connectivity index (χ1v) is 7.00. The van der Waals surface area contributed by atoms with E-state index in [0.717, 1.165) is 11.1 Å². The van der Waals surface area contributed by atoms with E-state index in [1.54, 1.807) is 36.4 Å². The van der Waals surface area contributed by atoms with Crippen molar-refractivity contribution in [1.82, 2.24) is 0 Å². The summed E-state index contributed by atoms with van der Waals surface area (Å²) in [6.07, 6.45) is 0. The predicted molar refractivity (Wildman–Crippen MR) is 85.6 cm³/mol. The van der Waals surface area contributed by atoms with Gasteiger partial charge in [0.25, 0.3) is 0 Å². The van der Waals surface area contributed by atoms with Crippen LogP contribution in [0.2, 0.25) is 0 Å². The van der Waals surface area contributed by atoms with Crippen molar-refractivity contribution < 1.29 is 14.3 Å². The summed E-state index contributed by atoms with van der Waals surface area (Å²) < 4.78 is 5.32. The van der Waals surface area contributed by atoms with Crippen LogP contribution in [0.4, 0.5) is 0 Å². The number of carbonyl (C=O) groups is 2. The van der Waals surface area contributed by atoms with Crippen molar-refractivity contribution in [2.45, 2.75) is 26.4 Å². The molecule has 4 nitrogen and oxygen atoms in total. The smallest absolute Gasteiger partial charge is 0.338 e. The number of hydrogen-bond donors (Lipinski definition) is 1. The summed E-state index contributed by atoms with van der Waals surface area (Å²) in [6, 6.07) is 14.0. The molecule has 0 unspecified atom stereocenters. The fraction of sp³-hybridized carbons (Fsp3) is 0.222. The number of carbonyl (C=O) groups excluding carboxylic acids is 2. The third-order valence-corrected chi connectivity index (χ3v) is 3.02. The molecule has 0 aliphatic heterocycles. The molecular formula is C18H19NO3. The van der Waals surface area contributed by atoms with Gasteiger partial charge in [-0.25, -0.2) is 4.79 Å². The molecule has 1 amide bonds. The molecule has 114 valence electrons. The van der Waals surface area contributed by atoms with E-state index in [9.17, 15) is 9.59 Å². The number of amides is 1. The van der Waals surface area contributed by atoms with E-state index >= 15 is 0 Å². The molecule has 0 spiro atoms. The van der Waals surface area contributed by atoms with E-state index < -0.39 is 11.5 Å². The average molecular weight is 297 g/mol. The van der Waals surface area contributed by atoms with E-state index in [2.05, 4.69) is 0 Å². The molecule has 0 radical (unpaired) electrons. The lowest BCUT2D eigenvalue weighted by molar-refractivity contribution is 0.00694. The van der Waals surface area contributed by atoms with Crippen LogP contribution in [0.15, 0.2) is 48.5 Å². The van der Waals surface area contributed by atoms with E-state index in [0.29, 0.717) is 11.1 Å². The van der Waals surface area contributed by atoms with Crippen molar-refractivity contribution in [3.05, 3.63) is 59.7 Å². The van der Waals surface area contributed by atoms with Gasteiger partial charge in [-0.3, -0.25) is 4.79 Å². The summed E-state index contributed by atoms with van der Waals surface area (Å²) >= 11 is 0. The highest BCUT2D eigenvalue weighted by Gasteiger charge is 2.18. The second-order valence-electron chi connectivity index (χ2n) is 5.99. The first kappa shape index (κ1) is 15.8. The number of benzene rings is 2. The molecule has 22 heavy (non-hydrogen) atoms. The van der Waals surface area contributed by atoms with Gasteiger partial charge in [0.05, 0.1) is 5.56 Å². The van der Waals surface area contributed by atoms with Gasteiger partial charge in [0.15, 0.2) is 0 Å². The second kappa shape index (κ2) is 6.02. The van der Waals surface area contributed by atoms with Crippen LogP contribution in [0.3, 0.4) is 0 Å². The van der Waals surface area contributed by atoms with Crippen LogP contribution in [0.1, 0.15) is 41.5 Å². The molecule has 0 aromatic heterocycles. The summed E-state index contributed by atoms with van der Waals surface area (Å²) in [5, 5.41) is 0. The lowest BCUT2D eigenvalue weighted by Crippen LogP contribution is -2.23. The van der Waals surface area contributed by atoms with Gasteiger partial charge in [-0.15, -0.1) is 0 Å². The highest BCUT2D eigenvalue weighted by Crippen LogP contribution is 2.24. The van der Waals surface area contributed by atoms with Crippen LogP contribution >= 0.6 is 0 Å². The summed E-state index contributed by atoms with van der Waals surface area (Å²) in [6.45, 7) is 5.47. The Morgan fingerprint density at radius 2 is 1.55 bits per heavy atom. The van der Waals surface area contributed by atoms with Crippen LogP contribution < -0.4 is 5.73 Å². The van der Waals surface area contributed by atoms with Crippen LogP contribution in [-0.4, -0.2) is 17.5 Å². The van der Waals surface area contributed by atoms with E-state index in [1.165, 1.54) is 0 Å². The van der Waals surface area contributed by atoms with Gasteiger partial charge in [-0.1, -0.05) is 30.3 Å². The van der Waals surface area contributed by atoms with Gasteiger partial charge in [-0.05, 0) is 50.1 Å². The van der Waals surface area contributed by atoms with Crippen LogP contribution in [0.25, 0.3) is 11.1 Å². The Kier molecular flexibility index (Phi) is 4.31. The van der Waals surface area contributed by atoms with Crippen molar-refractivity contribution in [2.75, 3.05) is 0 Å². The Bertz CT molecular complexity index is 697. The summed E-state index contributed by atoms with van der Waals surface area (Å²) in [5.41, 5.74) is 7.33. The normalized spacial score (nSPS) is 11.0. The zero-order chi connectivity index (χ0) is 16.3. The molecule has 0 aliphatic rings. The number of hydrogen-bond acceptors (Lipinski definition) is 3. The molecule has 0 aliphatic carbocycles. The minimum atomic E-state index is -0.533. The Morgan fingerprint density at radius 1 is 0.955 bits per heavy atom. The van der Waals surface area contributed by atoms with Gasteiger partial charge in [0.1, 0.15) is 5.60 Å². The fourth-order valence-corrected chi connectivity index (χ4v) is 2.07. The third kappa shape index (κ3) is 3.73.